The van der Waals surface area contributed by atoms with Crippen molar-refractivity contribution in [1.82, 2.24) is 30.1 Å². The average molecular weight is 437 g/mol. The molecule has 31 heavy (non-hydrogen) atoms. The monoisotopic (exact) mass is 437 g/mol. The molecule has 3 aromatic rings. The zero-order chi connectivity index (χ0) is 22.2. The van der Waals surface area contributed by atoms with E-state index in [4.69, 9.17) is 4.74 Å². The van der Waals surface area contributed by atoms with E-state index in [1.54, 1.807) is 6.07 Å². The smallest absolute Gasteiger partial charge is 0.435 e. The first-order chi connectivity index (χ1) is 14.7. The fourth-order valence-corrected chi connectivity index (χ4v) is 3.64. The van der Waals surface area contributed by atoms with E-state index in [0.717, 1.165) is 29.1 Å². The number of aromatic amines is 1. The van der Waals surface area contributed by atoms with Crippen molar-refractivity contribution in [3.8, 4) is 0 Å². The van der Waals surface area contributed by atoms with Crippen molar-refractivity contribution in [3.05, 3.63) is 35.9 Å². The van der Waals surface area contributed by atoms with Gasteiger partial charge in [0.25, 0.3) is 0 Å². The lowest BCUT2D eigenvalue weighted by molar-refractivity contribution is -0.141. The van der Waals surface area contributed by atoms with Crippen LogP contribution >= 0.6 is 0 Å². The number of anilines is 2. The summed E-state index contributed by atoms with van der Waals surface area (Å²) in [6.45, 7) is 3.72. The Bertz CT molecular complexity index is 1080. The maximum atomic E-state index is 13.0. The number of alkyl halides is 3. The van der Waals surface area contributed by atoms with Crippen LogP contribution in [0.5, 0.6) is 0 Å². The van der Waals surface area contributed by atoms with Gasteiger partial charge < -0.3 is 15.4 Å². The molecule has 1 fully saturated rings. The van der Waals surface area contributed by atoms with Gasteiger partial charge in [-0.15, -0.1) is 0 Å². The second-order valence-electron chi connectivity index (χ2n) is 7.80. The van der Waals surface area contributed by atoms with Crippen molar-refractivity contribution in [2.75, 3.05) is 5.32 Å². The summed E-state index contributed by atoms with van der Waals surface area (Å²) in [6.07, 6.45) is -0.204. The van der Waals surface area contributed by atoms with E-state index in [1.165, 1.54) is 12.4 Å². The zero-order valence-electron chi connectivity index (χ0n) is 16.9. The molecule has 166 valence electrons. The number of nitrogens with one attached hydrogen (secondary N) is 3. The SMILES string of the molecule is CC(C)NC(=O)O[C@@H]1CC[C@H](c2cc(Nc3nccn4nc(C(F)(F)F)cc34)n[nH]2)C1. The predicted molar refractivity (Wildman–Crippen MR) is 105 cm³/mol. The standard InChI is InChI=1S/C19H22F3N7O2/c1-10(2)24-18(30)31-12-4-3-11(7-12)13-8-16(27-26-13)25-17-14-9-15(19(20,21)22)28-29(14)6-5-23-17/h5-6,8-12H,3-4,7H2,1-2H3,(H,24,30)(H2,23,25,26,27)/t11-,12+/m0/s1. The molecule has 3 N–H and O–H groups in total. The van der Waals surface area contributed by atoms with Crippen molar-refractivity contribution >= 4 is 23.2 Å². The maximum absolute atomic E-state index is 13.0. The molecule has 1 aliphatic carbocycles. The molecule has 0 saturated heterocycles. The molecular formula is C19H22F3N7O2. The molecule has 3 aromatic heterocycles. The second kappa shape index (κ2) is 8.08. The van der Waals surface area contributed by atoms with Gasteiger partial charge in [0, 0.05) is 42.2 Å². The van der Waals surface area contributed by atoms with Crippen molar-refractivity contribution in [2.24, 2.45) is 0 Å². The highest BCUT2D eigenvalue weighted by Crippen LogP contribution is 2.36. The maximum Gasteiger partial charge on any atom is 0.435 e. The molecule has 3 heterocycles. The molecule has 0 spiro atoms. The van der Waals surface area contributed by atoms with Gasteiger partial charge >= 0.3 is 12.3 Å². The molecule has 0 aromatic carbocycles. The third kappa shape index (κ3) is 4.72. The van der Waals surface area contributed by atoms with Crippen LogP contribution < -0.4 is 10.6 Å². The minimum atomic E-state index is -4.55. The van der Waals surface area contributed by atoms with Gasteiger partial charge in [-0.25, -0.2) is 14.3 Å². The first-order valence-corrected chi connectivity index (χ1v) is 9.90. The van der Waals surface area contributed by atoms with Crippen LogP contribution in [0.1, 0.15) is 50.4 Å². The molecule has 1 saturated carbocycles. The first-order valence-electron chi connectivity index (χ1n) is 9.90. The number of H-pyrrole nitrogens is 1. The van der Waals surface area contributed by atoms with Gasteiger partial charge in [0.05, 0.1) is 0 Å². The number of carbonyl (C=O) groups is 1. The van der Waals surface area contributed by atoms with Gasteiger partial charge in [-0.05, 0) is 33.1 Å². The minimum absolute atomic E-state index is 0.00648. The summed E-state index contributed by atoms with van der Waals surface area (Å²) in [4.78, 5) is 15.9. The number of carbonyl (C=O) groups excluding carboxylic acids is 1. The lowest BCUT2D eigenvalue weighted by Crippen LogP contribution is -2.33. The third-order valence-electron chi connectivity index (χ3n) is 5.03. The number of halogens is 3. The van der Waals surface area contributed by atoms with Crippen LogP contribution in [0.4, 0.5) is 29.6 Å². The number of hydrogen-bond acceptors (Lipinski definition) is 6. The number of amides is 1. The Morgan fingerprint density at radius 2 is 2.13 bits per heavy atom. The molecule has 4 rings (SSSR count). The highest BCUT2D eigenvalue weighted by atomic mass is 19.4. The van der Waals surface area contributed by atoms with E-state index in [0.29, 0.717) is 12.2 Å². The molecule has 1 aliphatic rings. The van der Waals surface area contributed by atoms with Gasteiger partial charge in [-0.2, -0.15) is 23.4 Å². The summed E-state index contributed by atoms with van der Waals surface area (Å²) in [5.41, 5.74) is 0.0453. The molecule has 9 nitrogen and oxygen atoms in total. The number of rotatable bonds is 5. The normalized spacial score (nSPS) is 19.2. The second-order valence-corrected chi connectivity index (χ2v) is 7.80. The summed E-state index contributed by atoms with van der Waals surface area (Å²) in [5, 5.41) is 16.3. The first kappa shape index (κ1) is 20.9. The van der Waals surface area contributed by atoms with E-state index in [2.05, 4.69) is 30.9 Å². The predicted octanol–water partition coefficient (Wildman–Crippen LogP) is 3.99. The van der Waals surface area contributed by atoms with Gasteiger partial charge in [0.1, 0.15) is 11.6 Å². The van der Waals surface area contributed by atoms with E-state index in [1.807, 2.05) is 13.8 Å². The molecule has 0 unspecified atom stereocenters. The van der Waals surface area contributed by atoms with Gasteiger partial charge in [-0.3, -0.25) is 5.10 Å². The van der Waals surface area contributed by atoms with Crippen LogP contribution in [0.2, 0.25) is 0 Å². The number of ether oxygens (including phenoxy) is 1. The molecular weight excluding hydrogens is 415 g/mol. The van der Waals surface area contributed by atoms with Crippen molar-refractivity contribution in [2.45, 2.75) is 57.3 Å². The van der Waals surface area contributed by atoms with E-state index in [-0.39, 0.29) is 29.4 Å². The van der Waals surface area contributed by atoms with Crippen LogP contribution in [0.15, 0.2) is 24.5 Å². The van der Waals surface area contributed by atoms with Crippen LogP contribution in [-0.2, 0) is 10.9 Å². The number of hydrogen-bond donors (Lipinski definition) is 3. The lowest BCUT2D eigenvalue weighted by Gasteiger charge is -2.14. The highest BCUT2D eigenvalue weighted by Gasteiger charge is 2.34. The van der Waals surface area contributed by atoms with Crippen molar-refractivity contribution in [1.29, 1.82) is 0 Å². The van der Waals surface area contributed by atoms with Crippen LogP contribution in [0.25, 0.3) is 5.52 Å². The lowest BCUT2D eigenvalue weighted by atomic mass is 10.0. The number of fused-ring (bicyclic) bond motifs is 1. The summed E-state index contributed by atoms with van der Waals surface area (Å²) >= 11 is 0. The number of alkyl carbamates (subject to hydrolysis) is 1. The van der Waals surface area contributed by atoms with E-state index < -0.39 is 18.0 Å². The Hall–Kier alpha value is -3.31. The van der Waals surface area contributed by atoms with Crippen LogP contribution in [-0.4, -0.2) is 43.0 Å². The average Bonchev–Trinajstić information content (AvgIpc) is 3.39. The topological polar surface area (TPSA) is 109 Å². The minimum Gasteiger partial charge on any atom is -0.446 e. The van der Waals surface area contributed by atoms with Crippen LogP contribution in [0.3, 0.4) is 0 Å². The number of nitrogens with zero attached hydrogens (tertiary/aromatic N) is 4. The summed E-state index contributed by atoms with van der Waals surface area (Å²) in [5.74, 6) is 0.768. The number of aromatic nitrogens is 5. The summed E-state index contributed by atoms with van der Waals surface area (Å²) in [6, 6.07) is 2.73. The fourth-order valence-electron chi connectivity index (χ4n) is 3.64. The summed E-state index contributed by atoms with van der Waals surface area (Å²) in [7, 11) is 0. The van der Waals surface area contributed by atoms with Gasteiger partial charge in [0.15, 0.2) is 17.3 Å². The molecule has 0 radical (unpaired) electrons. The highest BCUT2D eigenvalue weighted by molar-refractivity contribution is 5.72. The Morgan fingerprint density at radius 3 is 2.87 bits per heavy atom. The van der Waals surface area contributed by atoms with Gasteiger partial charge in [-0.1, -0.05) is 0 Å². The van der Waals surface area contributed by atoms with E-state index >= 15 is 0 Å². The molecule has 1 amide bonds. The Kier molecular flexibility index (Phi) is 5.46. The van der Waals surface area contributed by atoms with Crippen molar-refractivity contribution in [3.63, 3.8) is 0 Å². The van der Waals surface area contributed by atoms with Crippen molar-refractivity contribution < 1.29 is 22.7 Å². The zero-order valence-corrected chi connectivity index (χ0v) is 16.9. The molecule has 2 atom stereocenters. The van der Waals surface area contributed by atoms with Crippen LogP contribution in [0, 0.1) is 0 Å². The molecule has 0 aliphatic heterocycles. The Balaban J connectivity index is 1.43. The quantitative estimate of drug-likeness (QED) is 0.557. The Labute approximate surface area is 175 Å². The van der Waals surface area contributed by atoms with E-state index in [9.17, 15) is 18.0 Å². The third-order valence-corrected chi connectivity index (χ3v) is 5.03. The Morgan fingerprint density at radius 1 is 1.32 bits per heavy atom. The summed E-state index contributed by atoms with van der Waals surface area (Å²) < 4.78 is 45.5. The molecule has 0 bridgehead atoms. The fraction of sp³-hybridized carbons (Fsp3) is 0.474. The molecule has 12 heteroatoms. The largest absolute Gasteiger partial charge is 0.446 e. The van der Waals surface area contributed by atoms with Gasteiger partial charge in [0.2, 0.25) is 0 Å².